The molecule has 4 rings (SSSR count). The third kappa shape index (κ3) is 3.31. The first-order chi connectivity index (χ1) is 16.3. The third-order valence-corrected chi connectivity index (χ3v) is 9.57. The number of carbonyl (C=O) groups excluding carboxylic acids is 4. The Balaban J connectivity index is 1.82. The predicted octanol–water partition coefficient (Wildman–Crippen LogP) is 3.43. The van der Waals surface area contributed by atoms with Crippen molar-refractivity contribution in [2.24, 2.45) is 28.6 Å². The summed E-state index contributed by atoms with van der Waals surface area (Å²) in [6.07, 6.45) is 4.21. The van der Waals surface area contributed by atoms with Crippen molar-refractivity contribution in [3.63, 3.8) is 0 Å². The van der Waals surface area contributed by atoms with Crippen molar-refractivity contribution in [2.75, 3.05) is 6.61 Å². The normalized spacial score (nSPS) is 44.0. The second kappa shape index (κ2) is 8.36. The van der Waals surface area contributed by atoms with Gasteiger partial charge in [-0.15, -0.1) is 0 Å². The molecule has 4 aliphatic rings. The number of halogens is 1. The fourth-order valence-corrected chi connectivity index (χ4v) is 7.92. The van der Waals surface area contributed by atoms with Crippen LogP contribution < -0.4 is 0 Å². The Labute approximate surface area is 205 Å². The summed E-state index contributed by atoms with van der Waals surface area (Å²) < 4.78 is 28.3. The Hall–Kier alpha value is -2.35. The molecule has 0 aromatic carbocycles. The second-order valence-corrected chi connectivity index (χ2v) is 11.2. The lowest BCUT2D eigenvalue weighted by Crippen LogP contribution is -2.70. The van der Waals surface area contributed by atoms with Crippen LogP contribution in [0.5, 0.6) is 0 Å². The number of aliphatic hydroxyl groups excluding tert-OH is 1. The van der Waals surface area contributed by atoms with Crippen molar-refractivity contribution in [2.45, 2.75) is 84.1 Å². The summed E-state index contributed by atoms with van der Waals surface area (Å²) in [5.41, 5.74) is -5.26. The number of alkyl halides is 1. The van der Waals surface area contributed by atoms with E-state index < -0.39 is 64.4 Å². The lowest BCUT2D eigenvalue weighted by Gasteiger charge is -2.62. The predicted molar refractivity (Wildman–Crippen MR) is 124 cm³/mol. The molecule has 0 radical (unpaired) electrons. The minimum Gasteiger partial charge on any atom is -0.458 e. The first-order valence-corrected chi connectivity index (χ1v) is 12.5. The average molecular weight is 491 g/mol. The van der Waals surface area contributed by atoms with Crippen LogP contribution in [0.3, 0.4) is 0 Å². The molecular weight excluding hydrogens is 455 g/mol. The number of hydrogen-bond acceptors (Lipinski definition) is 7. The standard InChI is InChI=1S/C27H35FO7/c1-6-23(33)35-27(22(32)14-34-16(3)29)15(2)11-20-19-8-7-17-12-18(30)9-10-24(17,4)26(19,28)21(31)13-25(20,27)5/h9-10,12,15,19-21,31H,6-8,11,13-14H2,1-5H3/t15-,19?,20?,21-,24-,25-,26-,27-/m0/s1. The molecule has 0 bridgehead atoms. The van der Waals surface area contributed by atoms with Crippen molar-refractivity contribution in [3.8, 4) is 0 Å². The van der Waals surface area contributed by atoms with E-state index in [4.69, 9.17) is 9.47 Å². The molecule has 7 nitrogen and oxygen atoms in total. The number of rotatable bonds is 5. The van der Waals surface area contributed by atoms with E-state index in [0.717, 1.165) is 0 Å². The van der Waals surface area contributed by atoms with Gasteiger partial charge in [0.25, 0.3) is 0 Å². The molecule has 8 atom stereocenters. The third-order valence-electron chi connectivity index (χ3n) is 9.57. The molecule has 3 fully saturated rings. The summed E-state index contributed by atoms with van der Waals surface area (Å²) in [6.45, 7) is 7.59. The van der Waals surface area contributed by atoms with Crippen molar-refractivity contribution in [1.29, 1.82) is 0 Å². The lowest BCUT2D eigenvalue weighted by atomic mass is 9.44. The maximum atomic E-state index is 17.3. The van der Waals surface area contributed by atoms with E-state index in [2.05, 4.69) is 0 Å². The van der Waals surface area contributed by atoms with Crippen LogP contribution in [0, 0.1) is 28.6 Å². The summed E-state index contributed by atoms with van der Waals surface area (Å²) >= 11 is 0. The topological polar surface area (TPSA) is 107 Å². The van der Waals surface area contributed by atoms with Crippen molar-refractivity contribution < 1.29 is 38.1 Å². The molecule has 192 valence electrons. The number of allylic oxidation sites excluding steroid dienone is 4. The van der Waals surface area contributed by atoms with Gasteiger partial charge in [0.05, 0.1) is 6.10 Å². The van der Waals surface area contributed by atoms with Gasteiger partial charge in [-0.25, -0.2) is 4.39 Å². The molecule has 0 heterocycles. The maximum Gasteiger partial charge on any atom is 0.306 e. The smallest absolute Gasteiger partial charge is 0.306 e. The molecule has 2 unspecified atom stereocenters. The summed E-state index contributed by atoms with van der Waals surface area (Å²) in [5.74, 6) is -3.41. The Morgan fingerprint density at radius 2 is 1.91 bits per heavy atom. The first kappa shape index (κ1) is 25.7. The zero-order valence-corrected chi connectivity index (χ0v) is 21.1. The van der Waals surface area contributed by atoms with Crippen LogP contribution in [0.25, 0.3) is 0 Å². The van der Waals surface area contributed by atoms with Crippen molar-refractivity contribution in [3.05, 3.63) is 23.8 Å². The fourth-order valence-electron chi connectivity index (χ4n) is 7.92. The highest BCUT2D eigenvalue weighted by molar-refractivity contribution is 6.01. The number of esters is 2. The van der Waals surface area contributed by atoms with E-state index in [0.29, 0.717) is 24.8 Å². The molecular formula is C27H35FO7. The van der Waals surface area contributed by atoms with Gasteiger partial charge >= 0.3 is 11.9 Å². The van der Waals surface area contributed by atoms with E-state index in [9.17, 15) is 24.3 Å². The zero-order valence-electron chi connectivity index (χ0n) is 21.1. The number of aliphatic hydroxyl groups is 1. The average Bonchev–Trinajstić information content (AvgIpc) is 3.00. The van der Waals surface area contributed by atoms with Gasteiger partial charge < -0.3 is 14.6 Å². The highest BCUT2D eigenvalue weighted by atomic mass is 19.1. The molecule has 1 N–H and O–H groups in total. The van der Waals surface area contributed by atoms with Crippen LogP contribution in [0.4, 0.5) is 4.39 Å². The van der Waals surface area contributed by atoms with Gasteiger partial charge in [0.1, 0.15) is 0 Å². The summed E-state index contributed by atoms with van der Waals surface area (Å²) in [4.78, 5) is 49.8. The summed E-state index contributed by atoms with van der Waals surface area (Å²) in [7, 11) is 0. The van der Waals surface area contributed by atoms with Crippen LogP contribution >= 0.6 is 0 Å². The minimum absolute atomic E-state index is 0.0418. The lowest BCUT2D eigenvalue weighted by molar-refractivity contribution is -0.228. The molecule has 0 aromatic heterocycles. The molecule has 0 aliphatic heterocycles. The van der Waals surface area contributed by atoms with Gasteiger partial charge in [-0.05, 0) is 50.7 Å². The Morgan fingerprint density at radius 3 is 2.54 bits per heavy atom. The fraction of sp³-hybridized carbons (Fsp3) is 0.704. The second-order valence-electron chi connectivity index (χ2n) is 11.2. The number of carbonyl (C=O) groups is 4. The summed E-state index contributed by atoms with van der Waals surface area (Å²) in [6, 6.07) is 0. The highest BCUT2D eigenvalue weighted by Crippen LogP contribution is 2.71. The number of hydrogen-bond donors (Lipinski definition) is 1. The van der Waals surface area contributed by atoms with E-state index in [1.54, 1.807) is 33.8 Å². The summed E-state index contributed by atoms with van der Waals surface area (Å²) in [5, 5.41) is 11.5. The number of Topliss-reactive ketones (excluding diaryl/α,β-unsaturated/α-hetero) is 1. The monoisotopic (exact) mass is 490 g/mol. The quantitative estimate of drug-likeness (QED) is 0.589. The van der Waals surface area contributed by atoms with Crippen LogP contribution in [-0.4, -0.2) is 52.6 Å². The molecule has 8 heteroatoms. The Bertz CT molecular complexity index is 1030. The van der Waals surface area contributed by atoms with Gasteiger partial charge in [0.15, 0.2) is 23.7 Å². The molecule has 3 saturated carbocycles. The van der Waals surface area contributed by atoms with E-state index in [1.165, 1.54) is 19.1 Å². The Morgan fingerprint density at radius 1 is 1.23 bits per heavy atom. The van der Waals surface area contributed by atoms with Crippen LogP contribution in [-0.2, 0) is 28.7 Å². The van der Waals surface area contributed by atoms with Gasteiger partial charge in [-0.2, -0.15) is 0 Å². The molecule has 0 amide bonds. The van der Waals surface area contributed by atoms with Crippen LogP contribution in [0.2, 0.25) is 0 Å². The SMILES string of the molecule is CCC(=O)O[C@]1(C(=O)COC(C)=O)[C@@H](C)CC2C3CCC4=CC(=O)C=C[C@]4(C)[C@@]3(F)[C@@H](O)C[C@@]21C. The van der Waals surface area contributed by atoms with Crippen molar-refractivity contribution >= 4 is 23.5 Å². The number of ketones is 2. The maximum absolute atomic E-state index is 17.3. The molecule has 0 saturated heterocycles. The zero-order chi connectivity index (χ0) is 26.0. The van der Waals surface area contributed by atoms with E-state index in [1.807, 2.05) is 0 Å². The molecule has 0 aromatic rings. The molecule has 4 aliphatic carbocycles. The van der Waals surface area contributed by atoms with Gasteiger partial charge in [0.2, 0.25) is 5.78 Å². The van der Waals surface area contributed by atoms with Gasteiger partial charge in [-0.1, -0.05) is 32.4 Å². The molecule has 0 spiro atoms. The van der Waals surface area contributed by atoms with E-state index in [-0.39, 0.29) is 24.5 Å². The van der Waals surface area contributed by atoms with E-state index >= 15 is 4.39 Å². The minimum atomic E-state index is -2.05. The highest BCUT2D eigenvalue weighted by Gasteiger charge is 2.77. The van der Waals surface area contributed by atoms with Gasteiger partial charge in [0, 0.05) is 36.0 Å². The largest absolute Gasteiger partial charge is 0.458 e. The van der Waals surface area contributed by atoms with Crippen LogP contribution in [0.1, 0.15) is 66.7 Å². The number of ether oxygens (including phenoxy) is 2. The Kier molecular flexibility index (Phi) is 6.14. The van der Waals surface area contributed by atoms with Crippen molar-refractivity contribution in [1.82, 2.24) is 0 Å². The van der Waals surface area contributed by atoms with Crippen LogP contribution in [0.15, 0.2) is 23.8 Å². The number of fused-ring (bicyclic) bond motifs is 5. The first-order valence-electron chi connectivity index (χ1n) is 12.5. The molecule has 35 heavy (non-hydrogen) atoms. The van der Waals surface area contributed by atoms with Gasteiger partial charge in [-0.3, -0.25) is 19.2 Å².